The number of aryl methyl sites for hydroxylation is 2. The first-order valence-corrected chi connectivity index (χ1v) is 10.3. The zero-order valence-electron chi connectivity index (χ0n) is 17.5. The van der Waals surface area contributed by atoms with E-state index in [0.29, 0.717) is 32.5 Å². The minimum atomic E-state index is -0.389. The number of hydrogen-bond donors (Lipinski definition) is 1. The number of rotatable bonds is 6. The van der Waals surface area contributed by atoms with E-state index in [1.165, 1.54) is 0 Å². The molecule has 0 saturated carbocycles. The second-order valence-electron chi connectivity index (χ2n) is 7.74. The molecule has 1 aliphatic rings. The first kappa shape index (κ1) is 21.1. The van der Waals surface area contributed by atoms with Crippen molar-refractivity contribution in [3.63, 3.8) is 0 Å². The quantitative estimate of drug-likeness (QED) is 0.744. The Morgan fingerprint density at radius 1 is 1.07 bits per heavy atom. The number of nitrogens with one attached hydrogen (secondary N) is 1. The van der Waals surface area contributed by atoms with Crippen LogP contribution in [-0.4, -0.2) is 36.5 Å². The highest BCUT2D eigenvalue weighted by Gasteiger charge is 2.33. The van der Waals surface area contributed by atoms with Crippen molar-refractivity contribution in [2.24, 2.45) is 5.92 Å². The molecule has 3 rings (SSSR count). The van der Waals surface area contributed by atoms with Crippen LogP contribution in [0.15, 0.2) is 48.5 Å². The Kier molecular flexibility index (Phi) is 7.04. The van der Waals surface area contributed by atoms with Gasteiger partial charge in [0.05, 0.1) is 12.5 Å². The molecule has 1 unspecified atom stereocenters. The molecule has 5 nitrogen and oxygen atoms in total. The molecule has 1 atom stereocenters. The second kappa shape index (κ2) is 9.70. The number of carbonyl (C=O) groups is 2. The lowest BCUT2D eigenvalue weighted by Crippen LogP contribution is -2.43. The molecule has 0 aliphatic carbocycles. The van der Waals surface area contributed by atoms with E-state index in [4.69, 9.17) is 4.74 Å². The molecule has 5 heteroatoms. The Morgan fingerprint density at radius 2 is 1.69 bits per heavy atom. The molecular weight excluding hydrogens is 364 g/mol. The third-order valence-corrected chi connectivity index (χ3v) is 5.37. The summed E-state index contributed by atoms with van der Waals surface area (Å²) in [5.74, 6) is -0.246. The largest absolute Gasteiger partial charge is 0.466 e. The van der Waals surface area contributed by atoms with Gasteiger partial charge < -0.3 is 10.1 Å². The number of nitrogens with zero attached hydrogens (tertiary/aromatic N) is 1. The normalized spacial score (nSPS) is 16.2. The summed E-state index contributed by atoms with van der Waals surface area (Å²) in [6.45, 7) is 7.65. The summed E-state index contributed by atoms with van der Waals surface area (Å²) >= 11 is 0. The van der Waals surface area contributed by atoms with Crippen molar-refractivity contribution in [3.8, 4) is 0 Å². The van der Waals surface area contributed by atoms with Crippen LogP contribution >= 0.6 is 0 Å². The number of anilines is 1. The number of piperidine rings is 1. The first-order valence-electron chi connectivity index (χ1n) is 10.3. The van der Waals surface area contributed by atoms with Crippen molar-refractivity contribution < 1.29 is 14.3 Å². The third kappa shape index (κ3) is 5.45. The lowest BCUT2D eigenvalue weighted by atomic mass is 9.94. The lowest BCUT2D eigenvalue weighted by molar-refractivity contribution is -0.149. The molecule has 154 valence electrons. The molecule has 1 amide bonds. The Hall–Kier alpha value is -2.66. The Labute approximate surface area is 173 Å². The van der Waals surface area contributed by atoms with Crippen LogP contribution in [-0.2, 0) is 14.3 Å². The van der Waals surface area contributed by atoms with Crippen LogP contribution in [0.4, 0.5) is 5.69 Å². The van der Waals surface area contributed by atoms with Gasteiger partial charge in [0.15, 0.2) is 0 Å². The maximum absolute atomic E-state index is 13.3. The SMILES string of the molecule is CCOC(=O)C1CCN(C(C(=O)Nc2cc(C)cc(C)c2)c2ccccc2)CC1. The smallest absolute Gasteiger partial charge is 0.309 e. The van der Waals surface area contributed by atoms with E-state index >= 15 is 0 Å². The fourth-order valence-corrected chi connectivity index (χ4v) is 4.07. The molecule has 29 heavy (non-hydrogen) atoms. The molecule has 1 saturated heterocycles. The Balaban J connectivity index is 1.77. The third-order valence-electron chi connectivity index (χ3n) is 5.37. The molecule has 0 radical (unpaired) electrons. The van der Waals surface area contributed by atoms with E-state index in [1.807, 2.05) is 63.2 Å². The number of amides is 1. The van der Waals surface area contributed by atoms with Crippen LogP contribution in [0.3, 0.4) is 0 Å². The number of carbonyl (C=O) groups excluding carboxylic acids is 2. The van der Waals surface area contributed by atoms with Gasteiger partial charge >= 0.3 is 5.97 Å². The van der Waals surface area contributed by atoms with E-state index in [-0.39, 0.29) is 23.8 Å². The molecule has 2 aromatic carbocycles. The summed E-state index contributed by atoms with van der Waals surface area (Å²) in [6, 6.07) is 15.5. The highest BCUT2D eigenvalue weighted by Crippen LogP contribution is 2.29. The number of likely N-dealkylation sites (tertiary alicyclic amines) is 1. The Bertz CT molecular complexity index is 822. The van der Waals surface area contributed by atoms with Crippen molar-refractivity contribution in [1.29, 1.82) is 0 Å². The van der Waals surface area contributed by atoms with Crippen molar-refractivity contribution >= 4 is 17.6 Å². The van der Waals surface area contributed by atoms with E-state index in [0.717, 1.165) is 22.4 Å². The average Bonchev–Trinajstić information content (AvgIpc) is 2.69. The molecular formula is C24H30N2O3. The molecule has 1 aliphatic heterocycles. The van der Waals surface area contributed by atoms with Crippen molar-refractivity contribution in [2.45, 2.75) is 39.7 Å². The number of esters is 1. The lowest BCUT2D eigenvalue weighted by Gasteiger charge is -2.36. The molecule has 1 heterocycles. The number of hydrogen-bond acceptors (Lipinski definition) is 4. The van der Waals surface area contributed by atoms with Gasteiger partial charge in [-0.05, 0) is 62.4 Å². The monoisotopic (exact) mass is 394 g/mol. The van der Waals surface area contributed by atoms with Crippen LogP contribution in [0.1, 0.15) is 42.5 Å². The predicted molar refractivity (Wildman–Crippen MR) is 115 cm³/mol. The molecule has 0 bridgehead atoms. The highest BCUT2D eigenvalue weighted by atomic mass is 16.5. The number of ether oxygens (including phenoxy) is 1. The molecule has 0 aromatic heterocycles. The second-order valence-corrected chi connectivity index (χ2v) is 7.74. The van der Waals surface area contributed by atoms with Gasteiger partial charge in [0.25, 0.3) is 0 Å². The van der Waals surface area contributed by atoms with Gasteiger partial charge in [0.1, 0.15) is 6.04 Å². The van der Waals surface area contributed by atoms with E-state index in [9.17, 15) is 9.59 Å². The first-order chi connectivity index (χ1) is 14.0. The van der Waals surface area contributed by atoms with Crippen molar-refractivity contribution in [1.82, 2.24) is 4.90 Å². The maximum atomic E-state index is 13.3. The van der Waals surface area contributed by atoms with E-state index < -0.39 is 0 Å². The number of benzene rings is 2. The van der Waals surface area contributed by atoms with Gasteiger partial charge in [0.2, 0.25) is 5.91 Å². The van der Waals surface area contributed by atoms with Crippen LogP contribution in [0.5, 0.6) is 0 Å². The van der Waals surface area contributed by atoms with Gasteiger partial charge in [-0.25, -0.2) is 0 Å². The van der Waals surface area contributed by atoms with Gasteiger partial charge in [-0.3, -0.25) is 14.5 Å². The summed E-state index contributed by atoms with van der Waals surface area (Å²) in [7, 11) is 0. The summed E-state index contributed by atoms with van der Waals surface area (Å²) in [4.78, 5) is 27.5. The summed E-state index contributed by atoms with van der Waals surface area (Å²) in [5.41, 5.74) is 4.01. The van der Waals surface area contributed by atoms with Gasteiger partial charge in [-0.2, -0.15) is 0 Å². The highest BCUT2D eigenvalue weighted by molar-refractivity contribution is 5.95. The van der Waals surface area contributed by atoms with Crippen molar-refractivity contribution in [3.05, 3.63) is 65.2 Å². The standard InChI is InChI=1S/C24H30N2O3/c1-4-29-24(28)20-10-12-26(13-11-20)22(19-8-6-5-7-9-19)23(27)25-21-15-17(2)14-18(3)16-21/h5-9,14-16,20,22H,4,10-13H2,1-3H3,(H,25,27). The molecule has 0 spiro atoms. The van der Waals surface area contributed by atoms with E-state index in [1.54, 1.807) is 0 Å². The van der Waals surface area contributed by atoms with Gasteiger partial charge in [-0.15, -0.1) is 0 Å². The summed E-state index contributed by atoms with van der Waals surface area (Å²) in [5, 5.41) is 3.10. The molecule has 2 aromatic rings. The average molecular weight is 395 g/mol. The Morgan fingerprint density at radius 3 is 2.28 bits per heavy atom. The van der Waals surface area contributed by atoms with E-state index in [2.05, 4.69) is 16.3 Å². The molecule has 1 N–H and O–H groups in total. The fourth-order valence-electron chi connectivity index (χ4n) is 4.07. The van der Waals surface area contributed by atoms with Gasteiger partial charge in [0, 0.05) is 18.8 Å². The van der Waals surface area contributed by atoms with Gasteiger partial charge in [-0.1, -0.05) is 36.4 Å². The maximum Gasteiger partial charge on any atom is 0.309 e. The van der Waals surface area contributed by atoms with Crippen LogP contribution in [0.25, 0.3) is 0 Å². The van der Waals surface area contributed by atoms with Crippen molar-refractivity contribution in [2.75, 3.05) is 25.0 Å². The minimum absolute atomic E-state index is 0.0456. The minimum Gasteiger partial charge on any atom is -0.466 e. The zero-order valence-corrected chi connectivity index (χ0v) is 17.5. The molecule has 1 fully saturated rings. The zero-order chi connectivity index (χ0) is 20.8. The topological polar surface area (TPSA) is 58.6 Å². The summed E-state index contributed by atoms with van der Waals surface area (Å²) < 4.78 is 5.17. The van der Waals surface area contributed by atoms with Crippen LogP contribution in [0, 0.1) is 19.8 Å². The van der Waals surface area contributed by atoms with Crippen LogP contribution in [0.2, 0.25) is 0 Å². The predicted octanol–water partition coefficient (Wildman–Crippen LogP) is 4.26. The van der Waals surface area contributed by atoms with Crippen LogP contribution < -0.4 is 5.32 Å². The summed E-state index contributed by atoms with van der Waals surface area (Å²) in [6.07, 6.45) is 1.41. The fraction of sp³-hybridized carbons (Fsp3) is 0.417.